The molecule has 0 aromatic rings. The van der Waals surface area contributed by atoms with Crippen molar-refractivity contribution >= 4 is 35.3 Å². The minimum atomic E-state index is -0.278. The van der Waals surface area contributed by atoms with Crippen molar-refractivity contribution in [1.82, 2.24) is 10.6 Å². The summed E-state index contributed by atoms with van der Waals surface area (Å²) in [6, 6.07) is 0. The van der Waals surface area contributed by atoms with Gasteiger partial charge in [-0.1, -0.05) is 53.4 Å². The number of carbonyl (C=O) groups is 2. The van der Waals surface area contributed by atoms with E-state index in [0.717, 1.165) is 25.7 Å². The van der Waals surface area contributed by atoms with Crippen LogP contribution in [0.25, 0.3) is 0 Å². The topological polar surface area (TPSA) is 58.2 Å². The minimum Gasteiger partial charge on any atom is -0.359 e. The molecule has 4 nitrogen and oxygen atoms in total. The number of hydrogen-bond donors (Lipinski definition) is 2. The Kier molecular flexibility index (Phi) is 10.8. The van der Waals surface area contributed by atoms with Gasteiger partial charge in [-0.05, 0) is 43.6 Å². The molecule has 0 aromatic heterocycles. The zero-order chi connectivity index (χ0) is 21.3. The Balaban J connectivity index is 2.46. The fourth-order valence-corrected chi connectivity index (χ4v) is 7.35. The Morgan fingerprint density at radius 3 is 1.54 bits per heavy atom. The van der Waals surface area contributed by atoms with Crippen molar-refractivity contribution in [3.63, 3.8) is 0 Å². The van der Waals surface area contributed by atoms with Crippen molar-refractivity contribution < 1.29 is 9.59 Å². The lowest BCUT2D eigenvalue weighted by Crippen LogP contribution is -2.34. The number of unbranched alkanes of at least 4 members (excludes halogenated alkanes) is 2. The van der Waals surface area contributed by atoms with E-state index in [1.807, 2.05) is 27.7 Å². The van der Waals surface area contributed by atoms with E-state index in [2.05, 4.69) is 34.2 Å². The van der Waals surface area contributed by atoms with Gasteiger partial charge < -0.3 is 10.6 Å². The SMILES string of the molecule is CNC(=O)C(C)(C)CCCCC1(CCCCC(C)(C)C(=O)NC)SCCCS1. The van der Waals surface area contributed by atoms with Gasteiger partial charge in [0.05, 0.1) is 4.08 Å². The number of amides is 2. The minimum absolute atomic E-state index is 0.141. The van der Waals surface area contributed by atoms with Gasteiger partial charge >= 0.3 is 0 Å². The molecule has 1 fully saturated rings. The Bertz CT molecular complexity index is 463. The van der Waals surface area contributed by atoms with Gasteiger partial charge in [0.1, 0.15) is 0 Å². The zero-order valence-corrected chi connectivity index (χ0v) is 20.5. The molecule has 28 heavy (non-hydrogen) atoms. The second-order valence-corrected chi connectivity index (χ2v) is 12.5. The van der Waals surface area contributed by atoms with Crippen molar-refractivity contribution in [1.29, 1.82) is 0 Å². The summed E-state index contributed by atoms with van der Waals surface area (Å²) in [7, 11) is 3.44. The molecule has 6 heteroatoms. The van der Waals surface area contributed by atoms with E-state index in [4.69, 9.17) is 0 Å². The van der Waals surface area contributed by atoms with E-state index in [9.17, 15) is 9.59 Å². The van der Waals surface area contributed by atoms with Crippen LogP contribution in [0.2, 0.25) is 0 Å². The molecule has 2 N–H and O–H groups in total. The van der Waals surface area contributed by atoms with Gasteiger partial charge in [-0.2, -0.15) is 0 Å². The van der Waals surface area contributed by atoms with Crippen molar-refractivity contribution in [3.05, 3.63) is 0 Å². The summed E-state index contributed by atoms with van der Waals surface area (Å²) in [5.41, 5.74) is -0.555. The third-order valence-electron chi connectivity index (χ3n) is 5.92. The van der Waals surface area contributed by atoms with E-state index in [1.165, 1.54) is 43.6 Å². The lowest BCUT2D eigenvalue weighted by Gasteiger charge is -2.37. The van der Waals surface area contributed by atoms with Crippen LogP contribution in [0, 0.1) is 10.8 Å². The zero-order valence-electron chi connectivity index (χ0n) is 18.9. The molecule has 0 saturated carbocycles. The van der Waals surface area contributed by atoms with Crippen molar-refractivity contribution in [2.45, 2.75) is 89.6 Å². The number of rotatable bonds is 12. The average molecular weight is 431 g/mol. The lowest BCUT2D eigenvalue weighted by atomic mass is 9.85. The summed E-state index contributed by atoms with van der Waals surface area (Å²) in [5.74, 6) is 2.81. The van der Waals surface area contributed by atoms with Crippen molar-refractivity contribution in [2.24, 2.45) is 10.8 Å². The smallest absolute Gasteiger partial charge is 0.225 e. The summed E-state index contributed by atoms with van der Waals surface area (Å²) >= 11 is 4.31. The second-order valence-electron chi connectivity index (χ2n) is 9.30. The Hall–Kier alpha value is -0.360. The van der Waals surface area contributed by atoms with Crippen molar-refractivity contribution in [2.75, 3.05) is 25.6 Å². The predicted molar refractivity (Wildman–Crippen MR) is 125 cm³/mol. The molecule has 164 valence electrons. The highest BCUT2D eigenvalue weighted by Crippen LogP contribution is 2.49. The maximum absolute atomic E-state index is 12.0. The van der Waals surface area contributed by atoms with Gasteiger partial charge in [-0.3, -0.25) is 9.59 Å². The molecule has 1 saturated heterocycles. The highest BCUT2D eigenvalue weighted by atomic mass is 32.2. The lowest BCUT2D eigenvalue weighted by molar-refractivity contribution is -0.129. The van der Waals surface area contributed by atoms with Crippen LogP contribution in [0.4, 0.5) is 0 Å². The highest BCUT2D eigenvalue weighted by Gasteiger charge is 2.34. The molecule has 1 aliphatic heterocycles. The largest absolute Gasteiger partial charge is 0.359 e. The molecule has 1 heterocycles. The third-order valence-corrected chi connectivity index (χ3v) is 9.48. The van der Waals surface area contributed by atoms with E-state index >= 15 is 0 Å². The number of nitrogens with one attached hydrogen (secondary N) is 2. The summed E-state index contributed by atoms with van der Waals surface area (Å²) in [6.07, 6.45) is 10.2. The molecular weight excluding hydrogens is 388 g/mol. The van der Waals surface area contributed by atoms with Crippen LogP contribution < -0.4 is 10.6 Å². The fraction of sp³-hybridized carbons (Fsp3) is 0.909. The van der Waals surface area contributed by atoms with Crippen LogP contribution in [0.3, 0.4) is 0 Å². The van der Waals surface area contributed by atoms with Gasteiger partial charge in [0.2, 0.25) is 11.8 Å². The quantitative estimate of drug-likeness (QED) is 0.417. The molecule has 0 aliphatic carbocycles. The first-order valence-electron chi connectivity index (χ1n) is 10.8. The predicted octanol–water partition coefficient (Wildman–Crippen LogP) is 5.22. The van der Waals surface area contributed by atoms with Crippen LogP contribution >= 0.6 is 23.5 Å². The standard InChI is InChI=1S/C22H42N2O2S2/c1-20(2,18(25)23-5)12-7-9-14-22(27-16-11-17-28-22)15-10-8-13-21(3,4)19(26)24-6/h7-17H2,1-6H3,(H,23,25)(H,24,26). The first-order chi connectivity index (χ1) is 13.1. The third kappa shape index (κ3) is 8.17. The molecule has 0 bridgehead atoms. The number of thioether (sulfide) groups is 2. The molecule has 0 radical (unpaired) electrons. The van der Waals surface area contributed by atoms with Crippen molar-refractivity contribution in [3.8, 4) is 0 Å². The Labute approximate surface area is 181 Å². The van der Waals surface area contributed by atoms with Crippen LogP contribution in [0.1, 0.15) is 85.5 Å². The number of carbonyl (C=O) groups excluding carboxylic acids is 2. The number of hydrogen-bond acceptors (Lipinski definition) is 4. The van der Waals surface area contributed by atoms with Crippen LogP contribution in [-0.2, 0) is 9.59 Å². The van der Waals surface area contributed by atoms with E-state index in [-0.39, 0.29) is 22.6 Å². The molecule has 0 unspecified atom stereocenters. The summed E-state index contributed by atoms with van der Waals surface area (Å²) in [4.78, 5) is 23.9. The Morgan fingerprint density at radius 1 is 0.786 bits per heavy atom. The Morgan fingerprint density at radius 2 is 1.18 bits per heavy atom. The first kappa shape index (κ1) is 25.7. The molecular formula is C22H42N2O2S2. The van der Waals surface area contributed by atoms with Crippen LogP contribution in [0.5, 0.6) is 0 Å². The monoisotopic (exact) mass is 430 g/mol. The molecule has 1 aliphatic rings. The van der Waals surface area contributed by atoms with Gasteiger partial charge in [0.15, 0.2) is 0 Å². The molecule has 0 atom stereocenters. The summed E-state index contributed by atoms with van der Waals surface area (Å²) in [5, 5.41) is 5.57. The maximum Gasteiger partial charge on any atom is 0.225 e. The van der Waals surface area contributed by atoms with Crippen LogP contribution in [0.15, 0.2) is 0 Å². The first-order valence-corrected chi connectivity index (χ1v) is 12.8. The highest BCUT2D eigenvalue weighted by molar-refractivity contribution is 8.18. The average Bonchev–Trinajstić information content (AvgIpc) is 2.68. The summed E-state index contributed by atoms with van der Waals surface area (Å²) < 4.78 is 0.340. The van der Waals surface area contributed by atoms with E-state index in [1.54, 1.807) is 14.1 Å². The van der Waals surface area contributed by atoms with Gasteiger partial charge in [-0.25, -0.2) is 0 Å². The second kappa shape index (κ2) is 11.7. The molecule has 0 spiro atoms. The van der Waals surface area contributed by atoms with Gasteiger partial charge in [-0.15, -0.1) is 23.5 Å². The molecule has 1 rings (SSSR count). The van der Waals surface area contributed by atoms with E-state index < -0.39 is 0 Å². The van der Waals surface area contributed by atoms with E-state index in [0.29, 0.717) is 4.08 Å². The summed E-state index contributed by atoms with van der Waals surface area (Å²) in [6.45, 7) is 8.17. The maximum atomic E-state index is 12.0. The normalized spacial score (nSPS) is 17.2. The molecule has 2 amide bonds. The van der Waals surface area contributed by atoms with Gasteiger partial charge in [0, 0.05) is 24.9 Å². The van der Waals surface area contributed by atoms with Gasteiger partial charge in [0.25, 0.3) is 0 Å². The fourth-order valence-electron chi connectivity index (χ4n) is 3.86. The van der Waals surface area contributed by atoms with Crippen LogP contribution in [-0.4, -0.2) is 41.5 Å². The molecule has 0 aromatic carbocycles.